The number of carbonyl (C=O) groups is 2. The maximum absolute atomic E-state index is 10.5. The first-order valence-corrected chi connectivity index (χ1v) is 8.34. The normalized spacial score (nSPS) is 10.2. The predicted octanol–water partition coefficient (Wildman–Crippen LogP) is 4.68. The summed E-state index contributed by atoms with van der Waals surface area (Å²) in [5.41, 5.74) is 1.86. The number of benzene rings is 2. The third kappa shape index (κ3) is 7.66. The van der Waals surface area contributed by atoms with Gasteiger partial charge >= 0.3 is 11.9 Å². The van der Waals surface area contributed by atoms with E-state index in [1.807, 2.05) is 12.1 Å². The SMILES string of the molecule is CCCC=CCc1ccc(O)cc1.Cc1cc(C(=O)O)cc(C(=O)O)c1. The minimum absolute atomic E-state index is 0.00241. The molecular weight excluding hydrogens is 332 g/mol. The number of hydrogen-bond acceptors (Lipinski definition) is 3. The number of phenolic OH excluding ortho intramolecular Hbond substituents is 1. The van der Waals surface area contributed by atoms with Crippen LogP contribution in [0.25, 0.3) is 0 Å². The molecule has 0 spiro atoms. The van der Waals surface area contributed by atoms with E-state index in [4.69, 9.17) is 15.3 Å². The summed E-state index contributed by atoms with van der Waals surface area (Å²) in [6, 6.07) is 11.3. The fourth-order valence-electron chi connectivity index (χ4n) is 2.17. The van der Waals surface area contributed by atoms with E-state index in [1.165, 1.54) is 24.1 Å². The van der Waals surface area contributed by atoms with Crippen molar-refractivity contribution >= 4 is 11.9 Å². The zero-order chi connectivity index (χ0) is 19.5. The van der Waals surface area contributed by atoms with Crippen LogP contribution in [-0.4, -0.2) is 27.3 Å². The van der Waals surface area contributed by atoms with Gasteiger partial charge in [-0.1, -0.05) is 37.6 Å². The van der Waals surface area contributed by atoms with Crippen LogP contribution in [0, 0.1) is 6.92 Å². The van der Waals surface area contributed by atoms with Gasteiger partial charge in [-0.3, -0.25) is 0 Å². The first kappa shape index (κ1) is 21.0. The lowest BCUT2D eigenvalue weighted by molar-refractivity contribution is 0.0696. The van der Waals surface area contributed by atoms with Gasteiger partial charge in [0.05, 0.1) is 11.1 Å². The minimum atomic E-state index is -1.12. The molecule has 0 heterocycles. The van der Waals surface area contributed by atoms with Gasteiger partial charge < -0.3 is 15.3 Å². The van der Waals surface area contributed by atoms with E-state index < -0.39 is 11.9 Å². The summed E-state index contributed by atoms with van der Waals surface area (Å²) in [5.74, 6) is -1.90. The number of unbranched alkanes of at least 4 members (excludes halogenated alkanes) is 1. The van der Waals surface area contributed by atoms with E-state index >= 15 is 0 Å². The molecule has 0 aliphatic rings. The van der Waals surface area contributed by atoms with Crippen molar-refractivity contribution in [1.82, 2.24) is 0 Å². The summed E-state index contributed by atoms with van der Waals surface area (Å²) in [6.07, 6.45) is 7.69. The van der Waals surface area contributed by atoms with Crippen LogP contribution >= 0.6 is 0 Å². The summed E-state index contributed by atoms with van der Waals surface area (Å²) in [4.78, 5) is 21.1. The maximum atomic E-state index is 10.5. The average Bonchev–Trinajstić information content (AvgIpc) is 2.60. The number of aromatic carboxylic acids is 2. The van der Waals surface area contributed by atoms with E-state index in [0.717, 1.165) is 18.9 Å². The van der Waals surface area contributed by atoms with Crippen LogP contribution in [0.4, 0.5) is 0 Å². The summed E-state index contributed by atoms with van der Waals surface area (Å²) in [5, 5.41) is 26.3. The predicted molar refractivity (Wildman–Crippen MR) is 101 cm³/mol. The molecule has 2 aromatic rings. The number of allylic oxidation sites excluding steroid dienone is 2. The van der Waals surface area contributed by atoms with Gasteiger partial charge in [0.25, 0.3) is 0 Å². The summed E-state index contributed by atoms with van der Waals surface area (Å²) < 4.78 is 0. The van der Waals surface area contributed by atoms with Crippen molar-refractivity contribution < 1.29 is 24.9 Å². The highest BCUT2D eigenvalue weighted by Crippen LogP contribution is 2.11. The Morgan fingerprint density at radius 2 is 1.46 bits per heavy atom. The van der Waals surface area contributed by atoms with Crippen LogP contribution in [-0.2, 0) is 6.42 Å². The number of rotatable bonds is 6. The van der Waals surface area contributed by atoms with Gasteiger partial charge in [-0.2, -0.15) is 0 Å². The van der Waals surface area contributed by atoms with E-state index in [0.29, 0.717) is 11.3 Å². The Balaban J connectivity index is 0.000000260. The van der Waals surface area contributed by atoms with Crippen LogP contribution in [0.2, 0.25) is 0 Å². The number of hydrogen-bond donors (Lipinski definition) is 3. The lowest BCUT2D eigenvalue weighted by Gasteiger charge is -1.99. The molecule has 138 valence electrons. The van der Waals surface area contributed by atoms with Crippen LogP contribution in [0.1, 0.15) is 51.6 Å². The van der Waals surface area contributed by atoms with Crippen molar-refractivity contribution in [3.8, 4) is 5.75 Å². The van der Waals surface area contributed by atoms with Crippen LogP contribution in [0.15, 0.2) is 54.6 Å². The van der Waals surface area contributed by atoms with Crippen molar-refractivity contribution in [3.05, 3.63) is 76.9 Å². The number of aryl methyl sites for hydroxylation is 1. The van der Waals surface area contributed by atoms with Gasteiger partial charge in [-0.25, -0.2) is 9.59 Å². The van der Waals surface area contributed by atoms with E-state index in [2.05, 4.69) is 19.1 Å². The third-order valence-corrected chi connectivity index (χ3v) is 3.48. The first-order valence-electron chi connectivity index (χ1n) is 8.34. The van der Waals surface area contributed by atoms with E-state index in [-0.39, 0.29) is 11.1 Å². The summed E-state index contributed by atoms with van der Waals surface area (Å²) in [7, 11) is 0. The average molecular weight is 356 g/mol. The molecule has 0 atom stereocenters. The zero-order valence-electron chi connectivity index (χ0n) is 15.0. The van der Waals surface area contributed by atoms with Crippen LogP contribution in [0.3, 0.4) is 0 Å². The number of aromatic hydroxyl groups is 1. The lowest BCUT2D eigenvalue weighted by atomic mass is 10.1. The molecule has 0 aliphatic heterocycles. The van der Waals surface area contributed by atoms with Crippen molar-refractivity contribution in [2.24, 2.45) is 0 Å². The van der Waals surface area contributed by atoms with Gasteiger partial charge in [-0.15, -0.1) is 0 Å². The third-order valence-electron chi connectivity index (χ3n) is 3.48. The molecule has 0 bridgehead atoms. The molecule has 0 radical (unpaired) electrons. The summed E-state index contributed by atoms with van der Waals surface area (Å²) in [6.45, 7) is 3.82. The molecule has 0 saturated carbocycles. The standard InChI is InChI=1S/C12H16O.C9H8O4/c1-2-3-4-5-6-11-7-9-12(13)10-8-11;1-5-2-6(8(10)11)4-7(3-5)9(12)13/h4-5,7-10,13H,2-3,6H2,1H3;2-4H,1H3,(H,10,11)(H,12,13). The molecule has 5 nitrogen and oxygen atoms in total. The molecule has 5 heteroatoms. The molecule has 2 rings (SSSR count). The molecule has 2 aromatic carbocycles. The minimum Gasteiger partial charge on any atom is -0.508 e. The Bertz CT molecular complexity index is 728. The second kappa shape index (κ2) is 10.7. The molecule has 3 N–H and O–H groups in total. The topological polar surface area (TPSA) is 94.8 Å². The van der Waals surface area contributed by atoms with Gasteiger partial charge in [0.15, 0.2) is 0 Å². The molecule has 0 fully saturated rings. The highest BCUT2D eigenvalue weighted by molar-refractivity contribution is 5.94. The smallest absolute Gasteiger partial charge is 0.335 e. The largest absolute Gasteiger partial charge is 0.508 e. The van der Waals surface area contributed by atoms with Crippen molar-refractivity contribution in [2.75, 3.05) is 0 Å². The van der Waals surface area contributed by atoms with E-state index in [1.54, 1.807) is 19.1 Å². The summed E-state index contributed by atoms with van der Waals surface area (Å²) >= 11 is 0. The van der Waals surface area contributed by atoms with Gasteiger partial charge in [-0.05, 0) is 61.2 Å². The molecule has 0 saturated heterocycles. The highest BCUT2D eigenvalue weighted by Gasteiger charge is 2.09. The Morgan fingerprint density at radius 3 is 1.92 bits per heavy atom. The number of phenols is 1. The zero-order valence-corrected chi connectivity index (χ0v) is 15.0. The van der Waals surface area contributed by atoms with Crippen LogP contribution < -0.4 is 0 Å². The molecule has 0 aliphatic carbocycles. The quantitative estimate of drug-likeness (QED) is 0.653. The van der Waals surface area contributed by atoms with Gasteiger partial charge in [0.1, 0.15) is 5.75 Å². The Labute approximate surface area is 153 Å². The van der Waals surface area contributed by atoms with Gasteiger partial charge in [0.2, 0.25) is 0 Å². The Hall–Kier alpha value is -3.08. The molecule has 0 amide bonds. The Kier molecular flexibility index (Phi) is 8.64. The highest BCUT2D eigenvalue weighted by atomic mass is 16.4. The lowest BCUT2D eigenvalue weighted by Crippen LogP contribution is -2.02. The van der Waals surface area contributed by atoms with E-state index in [9.17, 15) is 9.59 Å². The monoisotopic (exact) mass is 356 g/mol. The Morgan fingerprint density at radius 1 is 0.923 bits per heavy atom. The first-order chi connectivity index (χ1) is 12.3. The molecule has 0 aromatic heterocycles. The molecular formula is C21H24O5. The van der Waals surface area contributed by atoms with Crippen LogP contribution in [0.5, 0.6) is 5.75 Å². The molecule has 26 heavy (non-hydrogen) atoms. The fourth-order valence-corrected chi connectivity index (χ4v) is 2.17. The van der Waals surface area contributed by atoms with Gasteiger partial charge in [0, 0.05) is 0 Å². The second-order valence-corrected chi connectivity index (χ2v) is 5.83. The van der Waals surface area contributed by atoms with Crippen molar-refractivity contribution in [3.63, 3.8) is 0 Å². The number of carboxylic acids is 2. The second-order valence-electron chi connectivity index (χ2n) is 5.83. The van der Waals surface area contributed by atoms with Crippen molar-refractivity contribution in [1.29, 1.82) is 0 Å². The maximum Gasteiger partial charge on any atom is 0.335 e. The molecule has 0 unspecified atom stereocenters. The fraction of sp³-hybridized carbons (Fsp3) is 0.238. The number of carboxylic acid groups (broad SMARTS) is 2. The van der Waals surface area contributed by atoms with Crippen molar-refractivity contribution in [2.45, 2.75) is 33.1 Å².